The van der Waals surface area contributed by atoms with Crippen LogP contribution in [0.2, 0.25) is 0 Å². The second-order valence-corrected chi connectivity index (χ2v) is 6.22. The maximum atomic E-state index is 11.4. The van der Waals surface area contributed by atoms with Crippen LogP contribution < -0.4 is 0 Å². The Morgan fingerprint density at radius 1 is 1.56 bits per heavy atom. The summed E-state index contributed by atoms with van der Waals surface area (Å²) in [7, 11) is -0.857. The lowest BCUT2D eigenvalue weighted by Crippen LogP contribution is -2.15. The minimum atomic E-state index is -0.857. The minimum absolute atomic E-state index is 0.0739. The first-order valence-corrected chi connectivity index (χ1v) is 7.98. The predicted molar refractivity (Wildman–Crippen MR) is 75.5 cm³/mol. The highest BCUT2D eigenvalue weighted by molar-refractivity contribution is 7.84. The largest absolute Gasteiger partial charge is 0.308 e. The van der Waals surface area contributed by atoms with Crippen molar-refractivity contribution >= 4 is 33.6 Å². The van der Waals surface area contributed by atoms with Crippen LogP contribution in [0.3, 0.4) is 0 Å². The molecule has 2 aromatic heterocycles. The van der Waals surface area contributed by atoms with Gasteiger partial charge in [-0.05, 0) is 25.5 Å². The molecule has 18 heavy (non-hydrogen) atoms. The van der Waals surface area contributed by atoms with Crippen LogP contribution in [0.4, 0.5) is 0 Å². The van der Waals surface area contributed by atoms with Crippen LogP contribution in [0, 0.1) is 6.92 Å². The monoisotopic (exact) mass is 285 g/mol. The molecule has 0 N–H and O–H groups in total. The van der Waals surface area contributed by atoms with Crippen LogP contribution in [0.25, 0.3) is 11.2 Å². The van der Waals surface area contributed by atoms with E-state index < -0.39 is 10.8 Å². The van der Waals surface area contributed by atoms with Crippen molar-refractivity contribution in [3.8, 4) is 0 Å². The second kappa shape index (κ2) is 5.36. The molecule has 0 saturated heterocycles. The molecule has 98 valence electrons. The Kier molecular flexibility index (Phi) is 4.02. The van der Waals surface area contributed by atoms with Gasteiger partial charge in [0.2, 0.25) is 0 Å². The lowest BCUT2D eigenvalue weighted by atomic mass is 10.3. The summed E-state index contributed by atoms with van der Waals surface area (Å²) in [5.74, 6) is 1.68. The number of pyridine rings is 1. The highest BCUT2D eigenvalue weighted by Gasteiger charge is 2.17. The molecule has 2 heterocycles. The molecule has 0 fully saturated rings. The fraction of sp³-hybridized carbons (Fsp3) is 0.500. The van der Waals surface area contributed by atoms with E-state index in [0.717, 1.165) is 22.6 Å². The van der Waals surface area contributed by atoms with E-state index in [9.17, 15) is 4.21 Å². The van der Waals surface area contributed by atoms with Crippen molar-refractivity contribution in [2.75, 3.05) is 12.0 Å². The van der Waals surface area contributed by atoms with Crippen LogP contribution in [0.5, 0.6) is 0 Å². The molecule has 0 aromatic carbocycles. The molecule has 2 atom stereocenters. The van der Waals surface area contributed by atoms with Gasteiger partial charge < -0.3 is 4.57 Å². The molecule has 0 radical (unpaired) electrons. The number of fused-ring (bicyclic) bond motifs is 1. The molecule has 2 aromatic rings. The Balaban J connectivity index is 2.56. The normalized spacial score (nSPS) is 14.9. The van der Waals surface area contributed by atoms with Crippen LogP contribution in [0.15, 0.2) is 12.3 Å². The summed E-state index contributed by atoms with van der Waals surface area (Å²) in [6.07, 6.45) is 3.52. The summed E-state index contributed by atoms with van der Waals surface area (Å²) in [5, 5.41) is 0. The summed E-state index contributed by atoms with van der Waals surface area (Å²) in [5.41, 5.74) is 2.73. The number of hydrogen-bond donors (Lipinski definition) is 0. The zero-order valence-electron chi connectivity index (χ0n) is 10.7. The van der Waals surface area contributed by atoms with E-state index in [0.29, 0.717) is 11.6 Å². The third kappa shape index (κ3) is 2.57. The van der Waals surface area contributed by atoms with Gasteiger partial charge in [-0.1, -0.05) is 0 Å². The molecule has 0 spiro atoms. The number of nitrogens with zero attached hydrogens (tertiary/aromatic N) is 3. The van der Waals surface area contributed by atoms with Gasteiger partial charge in [0.05, 0.1) is 5.88 Å². The maximum Gasteiger partial charge on any atom is 0.160 e. The van der Waals surface area contributed by atoms with Crippen LogP contribution in [-0.2, 0) is 16.7 Å². The van der Waals surface area contributed by atoms with Gasteiger partial charge in [0.1, 0.15) is 11.3 Å². The molecule has 4 nitrogen and oxygen atoms in total. The van der Waals surface area contributed by atoms with Crippen molar-refractivity contribution in [1.82, 2.24) is 14.5 Å². The third-order valence-corrected chi connectivity index (χ3v) is 3.97. The van der Waals surface area contributed by atoms with Gasteiger partial charge in [0, 0.05) is 35.0 Å². The zero-order chi connectivity index (χ0) is 13.3. The Morgan fingerprint density at radius 3 is 2.89 bits per heavy atom. The van der Waals surface area contributed by atoms with Gasteiger partial charge in [0.15, 0.2) is 5.65 Å². The molecule has 2 unspecified atom stereocenters. The van der Waals surface area contributed by atoms with Crippen molar-refractivity contribution in [3.05, 3.63) is 23.7 Å². The molecule has 0 saturated carbocycles. The van der Waals surface area contributed by atoms with Gasteiger partial charge in [-0.3, -0.25) is 4.21 Å². The lowest BCUT2D eigenvalue weighted by molar-refractivity contribution is 0.590. The van der Waals surface area contributed by atoms with Crippen molar-refractivity contribution in [3.63, 3.8) is 0 Å². The van der Waals surface area contributed by atoms with E-state index in [1.165, 1.54) is 0 Å². The number of hydrogen-bond acceptors (Lipinski definition) is 3. The third-order valence-electron chi connectivity index (χ3n) is 2.78. The van der Waals surface area contributed by atoms with E-state index in [1.54, 1.807) is 6.26 Å². The summed E-state index contributed by atoms with van der Waals surface area (Å²) in [6.45, 7) is 4.00. The molecular formula is C12H16ClN3OS. The number of rotatable bonds is 4. The lowest BCUT2D eigenvalue weighted by Gasteiger charge is -2.14. The van der Waals surface area contributed by atoms with Crippen molar-refractivity contribution in [2.24, 2.45) is 0 Å². The number of aryl methyl sites for hydroxylation is 1. The number of alkyl halides is 1. The van der Waals surface area contributed by atoms with Crippen LogP contribution in [-0.4, -0.2) is 30.8 Å². The van der Waals surface area contributed by atoms with E-state index in [1.807, 2.05) is 30.7 Å². The Labute approximate surface area is 114 Å². The summed E-state index contributed by atoms with van der Waals surface area (Å²) in [4.78, 5) is 8.91. The van der Waals surface area contributed by atoms with Gasteiger partial charge in [0.25, 0.3) is 0 Å². The first-order chi connectivity index (χ1) is 8.52. The summed E-state index contributed by atoms with van der Waals surface area (Å²) >= 11 is 5.94. The molecule has 0 aliphatic heterocycles. The first-order valence-electron chi connectivity index (χ1n) is 5.72. The van der Waals surface area contributed by atoms with Crippen molar-refractivity contribution < 1.29 is 4.21 Å². The second-order valence-electron chi connectivity index (χ2n) is 4.48. The van der Waals surface area contributed by atoms with Crippen LogP contribution >= 0.6 is 11.6 Å². The molecule has 2 rings (SSSR count). The fourth-order valence-corrected chi connectivity index (χ4v) is 3.12. The predicted octanol–water partition coefficient (Wildman–Crippen LogP) is 2.42. The van der Waals surface area contributed by atoms with Crippen molar-refractivity contribution in [1.29, 1.82) is 0 Å². The topological polar surface area (TPSA) is 47.8 Å². The average Bonchev–Trinajstić information content (AvgIpc) is 2.65. The average molecular weight is 286 g/mol. The smallest absolute Gasteiger partial charge is 0.160 e. The molecule has 0 aliphatic rings. The standard InChI is InChI=1S/C12H16ClN3OS/c1-8-4-10-12(14-6-8)16(11(5-13)15-10)9(2)7-18(3)17/h4,6,9H,5,7H2,1-3H3. The number of imidazole rings is 1. The fourth-order valence-electron chi connectivity index (χ4n) is 2.10. The molecule has 0 aliphatic carbocycles. The number of aromatic nitrogens is 3. The van der Waals surface area contributed by atoms with Gasteiger partial charge in [-0.25, -0.2) is 9.97 Å². The molecule has 6 heteroatoms. The van der Waals surface area contributed by atoms with E-state index in [2.05, 4.69) is 9.97 Å². The summed E-state index contributed by atoms with van der Waals surface area (Å²) < 4.78 is 13.4. The SMILES string of the molecule is Cc1cnc2c(c1)nc(CCl)n2C(C)CS(C)=O. The quantitative estimate of drug-likeness (QED) is 0.811. The van der Waals surface area contributed by atoms with Crippen LogP contribution in [0.1, 0.15) is 24.4 Å². The highest BCUT2D eigenvalue weighted by atomic mass is 35.5. The highest BCUT2D eigenvalue weighted by Crippen LogP contribution is 2.21. The van der Waals surface area contributed by atoms with Gasteiger partial charge in [-0.2, -0.15) is 0 Å². The maximum absolute atomic E-state index is 11.4. The Bertz CT molecular complexity index is 596. The minimum Gasteiger partial charge on any atom is -0.308 e. The first kappa shape index (κ1) is 13.5. The number of halogens is 1. The molecule has 0 bridgehead atoms. The zero-order valence-corrected chi connectivity index (χ0v) is 12.3. The van der Waals surface area contributed by atoms with Gasteiger partial charge in [-0.15, -0.1) is 11.6 Å². The van der Waals surface area contributed by atoms with E-state index >= 15 is 0 Å². The molecule has 0 amide bonds. The summed E-state index contributed by atoms with van der Waals surface area (Å²) in [6, 6.07) is 2.06. The Hall–Kier alpha value is -0.940. The van der Waals surface area contributed by atoms with Crippen molar-refractivity contribution in [2.45, 2.75) is 25.8 Å². The van der Waals surface area contributed by atoms with Gasteiger partial charge >= 0.3 is 0 Å². The van der Waals surface area contributed by atoms with E-state index in [-0.39, 0.29) is 6.04 Å². The Morgan fingerprint density at radius 2 is 2.28 bits per heavy atom. The van der Waals surface area contributed by atoms with E-state index in [4.69, 9.17) is 11.6 Å². The molecular weight excluding hydrogens is 270 g/mol.